The number of aryl methyl sites for hydroxylation is 1. The summed E-state index contributed by atoms with van der Waals surface area (Å²) in [6, 6.07) is 11.0. The Morgan fingerprint density at radius 1 is 1.07 bits per heavy atom. The molecule has 2 aliphatic heterocycles. The zero-order valence-electron chi connectivity index (χ0n) is 23.8. The predicted octanol–water partition coefficient (Wildman–Crippen LogP) is 4.11. The van der Waals surface area contributed by atoms with Gasteiger partial charge in [-0.2, -0.15) is 0 Å². The number of likely N-dealkylation sites (tertiary alicyclic amines) is 1. The molecule has 40 heavy (non-hydrogen) atoms. The second-order valence-electron chi connectivity index (χ2n) is 10.1. The summed E-state index contributed by atoms with van der Waals surface area (Å²) in [6.45, 7) is 5.42. The fourth-order valence-corrected chi connectivity index (χ4v) is 5.69. The largest absolute Gasteiger partial charge is 0.496 e. The van der Waals surface area contributed by atoms with E-state index >= 15 is 0 Å². The van der Waals surface area contributed by atoms with Gasteiger partial charge in [0.25, 0.3) is 5.91 Å². The Kier molecular flexibility index (Phi) is 10.1. The highest BCUT2D eigenvalue weighted by atomic mass is 16.7. The van der Waals surface area contributed by atoms with E-state index in [0.717, 1.165) is 29.7 Å². The number of nitrogens with zero attached hydrogens (tertiary/aromatic N) is 2. The van der Waals surface area contributed by atoms with Crippen molar-refractivity contribution in [2.75, 3.05) is 47.3 Å². The quantitative estimate of drug-likeness (QED) is 0.344. The van der Waals surface area contributed by atoms with E-state index in [0.29, 0.717) is 49.8 Å². The fourth-order valence-electron chi connectivity index (χ4n) is 5.69. The van der Waals surface area contributed by atoms with Gasteiger partial charge in [-0.25, -0.2) is 5.06 Å². The topological polar surface area (TPSA) is 107 Å². The van der Waals surface area contributed by atoms with E-state index < -0.39 is 23.8 Å². The number of para-hydroxylation sites is 1. The highest BCUT2D eigenvalue weighted by Crippen LogP contribution is 2.47. The van der Waals surface area contributed by atoms with Crippen molar-refractivity contribution >= 4 is 11.9 Å². The number of carbonyl (C=O) groups excluding carboxylic acids is 1. The average molecular weight is 557 g/mol. The van der Waals surface area contributed by atoms with Gasteiger partial charge in [-0.3, -0.25) is 19.3 Å². The molecule has 218 valence electrons. The molecule has 10 nitrogen and oxygen atoms in total. The standard InChI is InChI=1S/C30H40N2O8/c1-5-13-32(40-14-6-2)27(33)18-31-17-22(21-15-25(37-4)29-26(16-21)38-19-39-29)28(30(34)35)23(31)12-11-20-9-7-8-10-24(20)36-3/h7-10,15-16,22-23,28H,5-6,11-14,17-19H2,1-4H3,(H,34,35)/t22-,23+,28?/m1/s1. The zero-order valence-corrected chi connectivity index (χ0v) is 23.8. The van der Waals surface area contributed by atoms with E-state index in [2.05, 4.69) is 0 Å². The molecule has 1 amide bonds. The van der Waals surface area contributed by atoms with E-state index in [1.165, 1.54) is 5.06 Å². The van der Waals surface area contributed by atoms with Gasteiger partial charge < -0.3 is 24.1 Å². The number of ether oxygens (including phenoxy) is 4. The molecule has 2 aromatic rings. The minimum atomic E-state index is -0.908. The van der Waals surface area contributed by atoms with E-state index in [9.17, 15) is 14.7 Å². The monoisotopic (exact) mass is 556 g/mol. The number of aliphatic carboxylic acids is 1. The summed E-state index contributed by atoms with van der Waals surface area (Å²) >= 11 is 0. The molecular weight excluding hydrogens is 516 g/mol. The highest BCUT2D eigenvalue weighted by molar-refractivity contribution is 5.78. The highest BCUT2D eigenvalue weighted by Gasteiger charge is 2.47. The van der Waals surface area contributed by atoms with Gasteiger partial charge in [-0.05, 0) is 55.0 Å². The molecule has 0 bridgehead atoms. The maximum atomic E-state index is 13.4. The first kappa shape index (κ1) is 29.5. The molecule has 2 aliphatic rings. The summed E-state index contributed by atoms with van der Waals surface area (Å²) in [7, 11) is 3.17. The van der Waals surface area contributed by atoms with E-state index in [-0.39, 0.29) is 19.2 Å². The number of rotatable bonds is 14. The van der Waals surface area contributed by atoms with Crippen LogP contribution in [0.15, 0.2) is 36.4 Å². The molecule has 0 saturated carbocycles. The third kappa shape index (κ3) is 6.45. The van der Waals surface area contributed by atoms with Crippen LogP contribution < -0.4 is 18.9 Å². The van der Waals surface area contributed by atoms with Gasteiger partial charge in [0.05, 0.1) is 33.3 Å². The summed E-state index contributed by atoms with van der Waals surface area (Å²) in [5.41, 5.74) is 1.77. The Morgan fingerprint density at radius 2 is 1.85 bits per heavy atom. The summed E-state index contributed by atoms with van der Waals surface area (Å²) < 4.78 is 22.3. The number of carboxylic acid groups (broad SMARTS) is 1. The number of benzene rings is 2. The molecule has 4 rings (SSSR count). The normalized spacial score (nSPS) is 19.9. The minimum absolute atomic E-state index is 0.0578. The summed E-state index contributed by atoms with van der Waals surface area (Å²) in [4.78, 5) is 34.0. The van der Waals surface area contributed by atoms with Gasteiger partial charge >= 0.3 is 5.97 Å². The summed E-state index contributed by atoms with van der Waals surface area (Å²) in [5, 5.41) is 12.0. The van der Waals surface area contributed by atoms with Crippen molar-refractivity contribution in [2.45, 2.75) is 51.5 Å². The molecule has 2 aromatic carbocycles. The second-order valence-corrected chi connectivity index (χ2v) is 10.1. The average Bonchev–Trinajstić information content (AvgIpc) is 3.58. The molecule has 0 spiro atoms. The van der Waals surface area contributed by atoms with Crippen LogP contribution in [-0.2, 0) is 20.8 Å². The van der Waals surface area contributed by atoms with Crippen LogP contribution in [0.1, 0.15) is 50.2 Å². The number of fused-ring (bicyclic) bond motifs is 1. The smallest absolute Gasteiger partial charge is 0.308 e. The predicted molar refractivity (Wildman–Crippen MR) is 148 cm³/mol. The Balaban J connectivity index is 1.66. The lowest BCUT2D eigenvalue weighted by atomic mass is 9.83. The summed E-state index contributed by atoms with van der Waals surface area (Å²) in [6.07, 6.45) is 2.68. The van der Waals surface area contributed by atoms with Crippen LogP contribution in [0.3, 0.4) is 0 Å². The molecule has 1 unspecified atom stereocenters. The maximum absolute atomic E-state index is 13.4. The van der Waals surface area contributed by atoms with E-state index in [4.69, 9.17) is 23.8 Å². The van der Waals surface area contributed by atoms with Crippen LogP contribution in [0.5, 0.6) is 23.0 Å². The maximum Gasteiger partial charge on any atom is 0.308 e. The summed E-state index contributed by atoms with van der Waals surface area (Å²) in [5.74, 6) is 0.0570. The molecule has 2 heterocycles. The SMILES string of the molecule is CCCON(CCC)C(=O)CN1C[C@H](c2cc(OC)c3c(c2)OCO3)C(C(=O)O)[C@@H]1CCc1ccccc1OC. The van der Waals surface area contributed by atoms with Gasteiger partial charge in [0.15, 0.2) is 11.5 Å². The van der Waals surface area contributed by atoms with Crippen molar-refractivity contribution in [3.8, 4) is 23.0 Å². The van der Waals surface area contributed by atoms with Crippen molar-refractivity contribution in [3.05, 3.63) is 47.5 Å². The van der Waals surface area contributed by atoms with Gasteiger partial charge in [-0.15, -0.1) is 0 Å². The number of hydrogen-bond donors (Lipinski definition) is 1. The lowest BCUT2D eigenvalue weighted by molar-refractivity contribution is -0.188. The Morgan fingerprint density at radius 3 is 2.55 bits per heavy atom. The van der Waals surface area contributed by atoms with Crippen LogP contribution in [0, 0.1) is 5.92 Å². The molecule has 1 fully saturated rings. The Bertz CT molecular complexity index is 1170. The molecule has 0 radical (unpaired) electrons. The Hall–Kier alpha value is -3.50. The fraction of sp³-hybridized carbons (Fsp3) is 0.533. The third-order valence-corrected chi connectivity index (χ3v) is 7.54. The van der Waals surface area contributed by atoms with Crippen molar-refractivity contribution in [1.29, 1.82) is 0 Å². The van der Waals surface area contributed by atoms with Crippen LogP contribution in [0.2, 0.25) is 0 Å². The second kappa shape index (κ2) is 13.7. The molecule has 1 N–H and O–H groups in total. The first-order valence-electron chi connectivity index (χ1n) is 13.9. The lowest BCUT2D eigenvalue weighted by Gasteiger charge is -2.29. The first-order valence-corrected chi connectivity index (χ1v) is 13.9. The molecular formula is C30H40N2O8. The van der Waals surface area contributed by atoms with E-state index in [1.807, 2.05) is 55.1 Å². The van der Waals surface area contributed by atoms with Crippen molar-refractivity contribution in [3.63, 3.8) is 0 Å². The number of carboxylic acids is 1. The number of amides is 1. The molecule has 3 atom stereocenters. The van der Waals surface area contributed by atoms with Gasteiger partial charge in [0, 0.05) is 25.0 Å². The van der Waals surface area contributed by atoms with Crippen molar-refractivity contribution < 1.29 is 38.5 Å². The number of carbonyl (C=O) groups is 2. The van der Waals surface area contributed by atoms with Gasteiger partial charge in [0.1, 0.15) is 5.75 Å². The lowest BCUT2D eigenvalue weighted by Crippen LogP contribution is -2.44. The molecule has 0 aliphatic carbocycles. The third-order valence-electron chi connectivity index (χ3n) is 7.54. The van der Waals surface area contributed by atoms with Gasteiger partial charge in [0.2, 0.25) is 12.5 Å². The van der Waals surface area contributed by atoms with Crippen LogP contribution in [0.4, 0.5) is 0 Å². The minimum Gasteiger partial charge on any atom is -0.496 e. The zero-order chi connectivity index (χ0) is 28.6. The number of hydrogen-bond acceptors (Lipinski definition) is 8. The number of hydroxylamine groups is 2. The van der Waals surface area contributed by atoms with Gasteiger partial charge in [-0.1, -0.05) is 32.0 Å². The van der Waals surface area contributed by atoms with Crippen molar-refractivity contribution in [1.82, 2.24) is 9.96 Å². The molecule has 10 heteroatoms. The van der Waals surface area contributed by atoms with Crippen LogP contribution in [-0.4, -0.2) is 80.2 Å². The van der Waals surface area contributed by atoms with Crippen LogP contribution in [0.25, 0.3) is 0 Å². The first-order chi connectivity index (χ1) is 19.4. The molecule has 1 saturated heterocycles. The molecule has 0 aromatic heterocycles. The number of methoxy groups -OCH3 is 2. The Labute approximate surface area is 235 Å². The van der Waals surface area contributed by atoms with Crippen molar-refractivity contribution in [2.24, 2.45) is 5.92 Å². The van der Waals surface area contributed by atoms with E-state index in [1.54, 1.807) is 14.2 Å². The van der Waals surface area contributed by atoms with Crippen LogP contribution >= 0.6 is 0 Å².